The van der Waals surface area contributed by atoms with Crippen LogP contribution in [-0.4, -0.2) is 11.0 Å². The van der Waals surface area contributed by atoms with Gasteiger partial charge in [0.15, 0.2) is 0 Å². The molecule has 3 N–H and O–H groups in total. The van der Waals surface area contributed by atoms with Crippen molar-refractivity contribution < 1.29 is 0 Å². The first kappa shape index (κ1) is 10.3. The van der Waals surface area contributed by atoms with Crippen LogP contribution in [0.4, 0.5) is 11.5 Å². The van der Waals surface area contributed by atoms with Gasteiger partial charge in [0.1, 0.15) is 11.9 Å². The lowest BCUT2D eigenvalue weighted by Crippen LogP contribution is -2.13. The number of pyridine rings is 1. The number of nitrogens with one attached hydrogen (secondary N) is 1. The van der Waals surface area contributed by atoms with Crippen molar-refractivity contribution in [2.75, 3.05) is 11.1 Å². The highest BCUT2D eigenvalue weighted by Gasteiger charge is 2.06. The maximum atomic E-state index is 8.75. The Hall–Kier alpha value is -1.76. The van der Waals surface area contributed by atoms with Crippen molar-refractivity contribution >= 4 is 11.5 Å². The monoisotopic (exact) mass is 190 g/mol. The number of aromatic nitrogens is 1. The predicted molar refractivity (Wildman–Crippen MR) is 56.9 cm³/mol. The molecular formula is C10H14N4. The zero-order valence-corrected chi connectivity index (χ0v) is 8.63. The highest BCUT2D eigenvalue weighted by Crippen LogP contribution is 2.19. The van der Waals surface area contributed by atoms with Gasteiger partial charge in [-0.1, -0.05) is 0 Å². The Kier molecular flexibility index (Phi) is 2.92. The molecule has 0 amide bonds. The van der Waals surface area contributed by atoms with Crippen molar-refractivity contribution in [2.24, 2.45) is 0 Å². The molecule has 4 nitrogen and oxygen atoms in total. The van der Waals surface area contributed by atoms with E-state index < -0.39 is 0 Å². The van der Waals surface area contributed by atoms with Crippen LogP contribution in [0.25, 0.3) is 0 Å². The molecule has 0 saturated carbocycles. The first-order valence-electron chi connectivity index (χ1n) is 4.48. The van der Waals surface area contributed by atoms with Gasteiger partial charge < -0.3 is 11.1 Å². The Morgan fingerprint density at radius 1 is 1.57 bits per heavy atom. The first-order chi connectivity index (χ1) is 6.54. The standard InChI is InChI=1S/C10H14N4/c1-6(2)13-10-9(12)4-8(5-11)7(3)14-10/h4,6H,12H2,1-3H3,(H,13,14). The topological polar surface area (TPSA) is 74.7 Å². The van der Waals surface area contributed by atoms with Crippen LogP contribution in [0.15, 0.2) is 6.07 Å². The van der Waals surface area contributed by atoms with Crippen molar-refractivity contribution in [3.05, 3.63) is 17.3 Å². The molecule has 14 heavy (non-hydrogen) atoms. The molecule has 1 rings (SSSR count). The predicted octanol–water partition coefficient (Wildman–Crippen LogP) is 1.66. The molecule has 0 unspecified atom stereocenters. The number of hydrogen-bond acceptors (Lipinski definition) is 4. The molecule has 0 saturated heterocycles. The Morgan fingerprint density at radius 2 is 2.21 bits per heavy atom. The van der Waals surface area contributed by atoms with Gasteiger partial charge in [0.05, 0.1) is 16.9 Å². The Balaban J connectivity index is 3.10. The lowest BCUT2D eigenvalue weighted by molar-refractivity contribution is 0.887. The Bertz CT molecular complexity index is 376. The number of nitrogens with zero attached hydrogens (tertiary/aromatic N) is 2. The molecule has 0 aliphatic carbocycles. The minimum Gasteiger partial charge on any atom is -0.396 e. The van der Waals surface area contributed by atoms with Gasteiger partial charge in [-0.2, -0.15) is 5.26 Å². The molecule has 0 aliphatic rings. The van der Waals surface area contributed by atoms with Crippen molar-refractivity contribution in [3.63, 3.8) is 0 Å². The van der Waals surface area contributed by atoms with Gasteiger partial charge in [-0.15, -0.1) is 0 Å². The van der Waals surface area contributed by atoms with E-state index in [9.17, 15) is 0 Å². The summed E-state index contributed by atoms with van der Waals surface area (Å²) >= 11 is 0. The number of nitriles is 1. The summed E-state index contributed by atoms with van der Waals surface area (Å²) in [4.78, 5) is 4.23. The van der Waals surface area contributed by atoms with Crippen LogP contribution in [0.2, 0.25) is 0 Å². The number of nitrogen functional groups attached to an aromatic ring is 1. The second kappa shape index (κ2) is 3.97. The maximum Gasteiger partial charge on any atom is 0.149 e. The minimum absolute atomic E-state index is 0.275. The third-order valence-electron chi connectivity index (χ3n) is 1.79. The number of rotatable bonds is 2. The molecule has 0 radical (unpaired) electrons. The molecule has 0 aliphatic heterocycles. The largest absolute Gasteiger partial charge is 0.396 e. The average molecular weight is 190 g/mol. The molecule has 0 bridgehead atoms. The highest BCUT2D eigenvalue weighted by atomic mass is 15.0. The normalized spacial score (nSPS) is 9.93. The summed E-state index contributed by atoms with van der Waals surface area (Å²) in [6.45, 7) is 5.81. The summed E-state index contributed by atoms with van der Waals surface area (Å²) in [5.41, 5.74) is 7.48. The van der Waals surface area contributed by atoms with E-state index in [-0.39, 0.29) is 6.04 Å². The van der Waals surface area contributed by atoms with Crippen LogP contribution in [0.5, 0.6) is 0 Å². The minimum atomic E-state index is 0.275. The second-order valence-electron chi connectivity index (χ2n) is 3.47. The van der Waals surface area contributed by atoms with Gasteiger partial charge in [-0.05, 0) is 26.8 Å². The maximum absolute atomic E-state index is 8.75. The van der Waals surface area contributed by atoms with Crippen LogP contribution in [0, 0.1) is 18.3 Å². The van der Waals surface area contributed by atoms with Crippen LogP contribution < -0.4 is 11.1 Å². The quantitative estimate of drug-likeness (QED) is 0.743. The molecule has 0 aromatic carbocycles. The third-order valence-corrected chi connectivity index (χ3v) is 1.79. The summed E-state index contributed by atoms with van der Waals surface area (Å²) in [5, 5.41) is 11.9. The van der Waals surface area contributed by atoms with Crippen LogP contribution in [0.3, 0.4) is 0 Å². The van der Waals surface area contributed by atoms with Gasteiger partial charge in [-0.25, -0.2) is 4.98 Å². The smallest absolute Gasteiger partial charge is 0.149 e. The van der Waals surface area contributed by atoms with E-state index >= 15 is 0 Å². The Labute approximate surface area is 83.8 Å². The van der Waals surface area contributed by atoms with Crippen molar-refractivity contribution in [2.45, 2.75) is 26.8 Å². The van der Waals surface area contributed by atoms with Gasteiger partial charge in [0, 0.05) is 6.04 Å². The van der Waals surface area contributed by atoms with E-state index in [2.05, 4.69) is 10.3 Å². The van der Waals surface area contributed by atoms with Crippen LogP contribution in [-0.2, 0) is 0 Å². The van der Waals surface area contributed by atoms with E-state index in [1.54, 1.807) is 13.0 Å². The van der Waals surface area contributed by atoms with Crippen LogP contribution >= 0.6 is 0 Å². The van der Waals surface area contributed by atoms with Gasteiger partial charge >= 0.3 is 0 Å². The number of nitrogens with two attached hydrogens (primary N) is 1. The highest BCUT2D eigenvalue weighted by molar-refractivity contribution is 5.64. The number of aryl methyl sites for hydroxylation is 1. The number of anilines is 2. The SMILES string of the molecule is Cc1nc(NC(C)C)c(N)cc1C#N. The van der Waals surface area contributed by atoms with E-state index in [4.69, 9.17) is 11.0 Å². The molecule has 0 atom stereocenters. The van der Waals surface area contributed by atoms with E-state index in [0.717, 1.165) is 0 Å². The van der Waals surface area contributed by atoms with Crippen LogP contribution in [0.1, 0.15) is 25.1 Å². The number of hydrogen-bond donors (Lipinski definition) is 2. The first-order valence-corrected chi connectivity index (χ1v) is 4.48. The fourth-order valence-corrected chi connectivity index (χ4v) is 1.12. The Morgan fingerprint density at radius 3 is 2.71 bits per heavy atom. The molecular weight excluding hydrogens is 176 g/mol. The summed E-state index contributed by atoms with van der Waals surface area (Å²) in [6, 6.07) is 3.97. The fraction of sp³-hybridized carbons (Fsp3) is 0.400. The molecule has 0 spiro atoms. The summed E-state index contributed by atoms with van der Waals surface area (Å²) in [5.74, 6) is 0.650. The summed E-state index contributed by atoms with van der Waals surface area (Å²) in [6.07, 6.45) is 0. The summed E-state index contributed by atoms with van der Waals surface area (Å²) in [7, 11) is 0. The summed E-state index contributed by atoms with van der Waals surface area (Å²) < 4.78 is 0. The molecule has 4 heteroatoms. The van der Waals surface area contributed by atoms with Gasteiger partial charge in [0.25, 0.3) is 0 Å². The average Bonchev–Trinajstić information content (AvgIpc) is 2.10. The molecule has 74 valence electrons. The van der Waals surface area contributed by atoms with Gasteiger partial charge in [0.2, 0.25) is 0 Å². The molecule has 1 aromatic heterocycles. The van der Waals surface area contributed by atoms with Gasteiger partial charge in [-0.3, -0.25) is 0 Å². The second-order valence-corrected chi connectivity index (χ2v) is 3.47. The lowest BCUT2D eigenvalue weighted by Gasteiger charge is -2.12. The van der Waals surface area contributed by atoms with Crippen molar-refractivity contribution in [1.82, 2.24) is 4.98 Å². The van der Waals surface area contributed by atoms with Crippen molar-refractivity contribution in [3.8, 4) is 6.07 Å². The lowest BCUT2D eigenvalue weighted by atomic mass is 10.2. The fourth-order valence-electron chi connectivity index (χ4n) is 1.12. The van der Waals surface area contributed by atoms with Crippen molar-refractivity contribution in [1.29, 1.82) is 5.26 Å². The molecule has 0 fully saturated rings. The molecule has 1 aromatic rings. The van der Waals surface area contributed by atoms with E-state index in [1.165, 1.54) is 0 Å². The molecule has 1 heterocycles. The van der Waals surface area contributed by atoms with E-state index in [1.807, 2.05) is 19.9 Å². The zero-order valence-electron chi connectivity index (χ0n) is 8.63. The third kappa shape index (κ3) is 2.13. The zero-order chi connectivity index (χ0) is 10.7. The van der Waals surface area contributed by atoms with E-state index in [0.29, 0.717) is 22.8 Å².